The molecule has 106 valence electrons. The van der Waals surface area contributed by atoms with E-state index in [1.165, 1.54) is 4.90 Å². The summed E-state index contributed by atoms with van der Waals surface area (Å²) in [5.41, 5.74) is 1.38. The van der Waals surface area contributed by atoms with E-state index in [1.54, 1.807) is 14.0 Å². The number of aryl methyl sites for hydroxylation is 2. The van der Waals surface area contributed by atoms with Gasteiger partial charge in [0.1, 0.15) is 11.4 Å². The molecule has 1 aliphatic rings. The first-order valence-corrected chi connectivity index (χ1v) is 6.68. The van der Waals surface area contributed by atoms with Gasteiger partial charge >= 0.3 is 6.03 Å². The fraction of sp³-hybridized carbons (Fsp3) is 0.692. The minimum Gasteiger partial charge on any atom is -0.391 e. The lowest BCUT2D eigenvalue weighted by Crippen LogP contribution is -2.38. The lowest BCUT2D eigenvalue weighted by molar-refractivity contribution is 0.117. The minimum atomic E-state index is -0.426. The highest BCUT2D eigenvalue weighted by molar-refractivity contribution is 5.90. The van der Waals surface area contributed by atoms with Gasteiger partial charge in [-0.2, -0.15) is 0 Å². The number of likely N-dealkylation sites (N-methyl/N-ethyl adjacent to an activating group) is 1. The first kappa shape index (κ1) is 13.9. The predicted octanol–water partition coefficient (Wildman–Crippen LogP) is 1.78. The molecule has 0 radical (unpaired) electrons. The number of urea groups is 1. The molecular formula is C13H21N3O3. The lowest BCUT2D eigenvalue weighted by Gasteiger charge is -2.21. The van der Waals surface area contributed by atoms with Crippen molar-refractivity contribution in [3.8, 4) is 0 Å². The molecule has 1 aromatic heterocycles. The van der Waals surface area contributed by atoms with Crippen LogP contribution in [0.1, 0.15) is 31.2 Å². The van der Waals surface area contributed by atoms with Crippen molar-refractivity contribution in [2.24, 2.45) is 5.92 Å². The molecule has 0 aromatic carbocycles. The SMILES string of the molecule is CCc1noc(C)c1NC(=O)N(C)CC(O)C1CC1. The van der Waals surface area contributed by atoms with E-state index in [1.807, 2.05) is 6.92 Å². The average molecular weight is 267 g/mol. The maximum Gasteiger partial charge on any atom is 0.321 e. The van der Waals surface area contributed by atoms with Crippen LogP contribution in [0.5, 0.6) is 0 Å². The van der Waals surface area contributed by atoms with E-state index in [9.17, 15) is 9.90 Å². The van der Waals surface area contributed by atoms with Crippen molar-refractivity contribution in [2.45, 2.75) is 39.2 Å². The third-order valence-corrected chi connectivity index (χ3v) is 3.47. The van der Waals surface area contributed by atoms with Crippen molar-refractivity contribution in [1.82, 2.24) is 10.1 Å². The summed E-state index contributed by atoms with van der Waals surface area (Å²) in [5.74, 6) is 0.958. The zero-order valence-electron chi connectivity index (χ0n) is 11.6. The fourth-order valence-electron chi connectivity index (χ4n) is 2.02. The predicted molar refractivity (Wildman–Crippen MR) is 71.0 cm³/mol. The van der Waals surface area contributed by atoms with Crippen LogP contribution in [0.3, 0.4) is 0 Å². The normalized spacial score (nSPS) is 16.2. The molecule has 1 unspecified atom stereocenters. The molecule has 2 amide bonds. The van der Waals surface area contributed by atoms with Gasteiger partial charge in [-0.1, -0.05) is 12.1 Å². The molecule has 19 heavy (non-hydrogen) atoms. The van der Waals surface area contributed by atoms with E-state index >= 15 is 0 Å². The van der Waals surface area contributed by atoms with E-state index in [0.717, 1.165) is 18.5 Å². The van der Waals surface area contributed by atoms with E-state index < -0.39 is 6.10 Å². The second-order valence-electron chi connectivity index (χ2n) is 5.13. The number of aliphatic hydroxyl groups excluding tert-OH is 1. The number of carbonyl (C=O) groups is 1. The largest absolute Gasteiger partial charge is 0.391 e. The minimum absolute atomic E-state index is 0.249. The zero-order valence-corrected chi connectivity index (χ0v) is 11.6. The Morgan fingerprint density at radius 2 is 2.32 bits per heavy atom. The Labute approximate surface area is 112 Å². The summed E-state index contributed by atoms with van der Waals surface area (Å²) in [4.78, 5) is 13.5. The van der Waals surface area contributed by atoms with Gasteiger partial charge < -0.3 is 19.8 Å². The smallest absolute Gasteiger partial charge is 0.321 e. The molecule has 2 N–H and O–H groups in total. The highest BCUT2D eigenvalue weighted by Gasteiger charge is 2.31. The summed E-state index contributed by atoms with van der Waals surface area (Å²) in [5, 5.41) is 16.5. The molecule has 2 rings (SSSR count). The number of hydrogen-bond donors (Lipinski definition) is 2. The Balaban J connectivity index is 1.93. The quantitative estimate of drug-likeness (QED) is 0.852. The van der Waals surface area contributed by atoms with Gasteiger partial charge in [-0.3, -0.25) is 0 Å². The third-order valence-electron chi connectivity index (χ3n) is 3.47. The number of amides is 2. The molecule has 1 saturated carbocycles. The Morgan fingerprint density at radius 3 is 2.89 bits per heavy atom. The number of aliphatic hydroxyl groups is 1. The summed E-state index contributed by atoms with van der Waals surface area (Å²) < 4.78 is 5.06. The van der Waals surface area contributed by atoms with E-state index in [-0.39, 0.29) is 6.03 Å². The number of hydrogen-bond acceptors (Lipinski definition) is 4. The van der Waals surface area contributed by atoms with Crippen LogP contribution in [0.25, 0.3) is 0 Å². The van der Waals surface area contributed by atoms with Gasteiger partial charge in [0.05, 0.1) is 6.10 Å². The highest BCUT2D eigenvalue weighted by atomic mass is 16.5. The maximum atomic E-state index is 12.0. The molecule has 0 spiro atoms. The molecular weight excluding hydrogens is 246 g/mol. The number of nitrogens with one attached hydrogen (secondary N) is 1. The van der Waals surface area contributed by atoms with Crippen LogP contribution in [0.4, 0.5) is 10.5 Å². The average Bonchev–Trinajstić information content (AvgIpc) is 3.16. The van der Waals surface area contributed by atoms with Crippen molar-refractivity contribution < 1.29 is 14.4 Å². The van der Waals surface area contributed by atoms with E-state index in [2.05, 4.69) is 10.5 Å². The maximum absolute atomic E-state index is 12.0. The molecule has 1 aromatic rings. The Hall–Kier alpha value is -1.56. The fourth-order valence-corrected chi connectivity index (χ4v) is 2.02. The monoisotopic (exact) mass is 267 g/mol. The van der Waals surface area contributed by atoms with Gasteiger partial charge in [0.2, 0.25) is 0 Å². The number of anilines is 1. The van der Waals surface area contributed by atoms with Crippen LogP contribution in [0.2, 0.25) is 0 Å². The van der Waals surface area contributed by atoms with Crippen molar-refractivity contribution in [3.05, 3.63) is 11.5 Å². The molecule has 1 fully saturated rings. The molecule has 0 bridgehead atoms. The molecule has 0 saturated heterocycles. The third kappa shape index (κ3) is 3.26. The number of nitrogens with zero attached hydrogens (tertiary/aromatic N) is 2. The van der Waals surface area contributed by atoms with Crippen molar-refractivity contribution in [3.63, 3.8) is 0 Å². The molecule has 1 heterocycles. The van der Waals surface area contributed by atoms with E-state index in [0.29, 0.717) is 30.3 Å². The first-order valence-electron chi connectivity index (χ1n) is 6.68. The number of carbonyl (C=O) groups excluding carboxylic acids is 1. The first-order chi connectivity index (χ1) is 9.02. The summed E-state index contributed by atoms with van der Waals surface area (Å²) >= 11 is 0. The Morgan fingerprint density at radius 1 is 1.63 bits per heavy atom. The van der Waals surface area contributed by atoms with Crippen molar-refractivity contribution >= 4 is 11.7 Å². The van der Waals surface area contributed by atoms with Crippen LogP contribution in [0, 0.1) is 12.8 Å². The number of rotatable bonds is 5. The van der Waals surface area contributed by atoms with Crippen LogP contribution in [-0.2, 0) is 6.42 Å². The molecule has 1 atom stereocenters. The second-order valence-corrected chi connectivity index (χ2v) is 5.13. The standard InChI is InChI=1S/C13H21N3O3/c1-4-10-12(8(2)19-15-10)14-13(18)16(3)7-11(17)9-5-6-9/h9,11,17H,4-7H2,1-3H3,(H,14,18). The summed E-state index contributed by atoms with van der Waals surface area (Å²) in [6.45, 7) is 4.07. The highest BCUT2D eigenvalue weighted by Crippen LogP contribution is 2.32. The second kappa shape index (κ2) is 5.61. The van der Waals surface area contributed by atoms with Crippen molar-refractivity contribution in [2.75, 3.05) is 18.9 Å². The summed E-state index contributed by atoms with van der Waals surface area (Å²) in [6, 6.07) is -0.249. The zero-order chi connectivity index (χ0) is 14.0. The van der Waals surface area contributed by atoms with Gasteiger partial charge in [-0.25, -0.2) is 4.79 Å². The topological polar surface area (TPSA) is 78.6 Å². The van der Waals surface area contributed by atoms with Gasteiger partial charge in [0.25, 0.3) is 0 Å². The summed E-state index contributed by atoms with van der Waals surface area (Å²) in [6.07, 6.45) is 2.38. The van der Waals surface area contributed by atoms with E-state index in [4.69, 9.17) is 4.52 Å². The Kier molecular flexibility index (Phi) is 4.09. The molecule has 6 nitrogen and oxygen atoms in total. The van der Waals surface area contributed by atoms with Crippen LogP contribution >= 0.6 is 0 Å². The Bertz CT molecular complexity index is 454. The van der Waals surface area contributed by atoms with Crippen LogP contribution in [0.15, 0.2) is 4.52 Å². The van der Waals surface area contributed by atoms with Gasteiger partial charge in [-0.05, 0) is 32.1 Å². The van der Waals surface area contributed by atoms with Crippen LogP contribution < -0.4 is 5.32 Å². The molecule has 6 heteroatoms. The lowest BCUT2D eigenvalue weighted by atomic mass is 10.2. The van der Waals surface area contributed by atoms with Gasteiger partial charge in [0, 0.05) is 13.6 Å². The number of aromatic nitrogens is 1. The molecule has 1 aliphatic carbocycles. The van der Waals surface area contributed by atoms with Crippen LogP contribution in [-0.4, -0.2) is 40.9 Å². The summed E-state index contributed by atoms with van der Waals surface area (Å²) in [7, 11) is 1.68. The van der Waals surface area contributed by atoms with Gasteiger partial charge in [-0.15, -0.1) is 0 Å². The molecule has 0 aliphatic heterocycles. The van der Waals surface area contributed by atoms with Gasteiger partial charge in [0.15, 0.2) is 5.76 Å². The van der Waals surface area contributed by atoms with Crippen molar-refractivity contribution in [1.29, 1.82) is 0 Å².